The van der Waals surface area contributed by atoms with E-state index in [1.54, 1.807) is 0 Å². The van der Waals surface area contributed by atoms with Crippen molar-refractivity contribution in [1.29, 1.82) is 0 Å². The topological polar surface area (TPSA) is 50.7 Å². The van der Waals surface area contributed by atoms with E-state index in [1.165, 1.54) is 3.57 Å². The van der Waals surface area contributed by atoms with Gasteiger partial charge in [0.25, 0.3) is 0 Å². The summed E-state index contributed by atoms with van der Waals surface area (Å²) in [7, 11) is 0. The molecule has 106 valence electrons. The van der Waals surface area contributed by atoms with E-state index in [4.69, 9.17) is 9.47 Å². The fraction of sp³-hybridized carbons (Fsp3) is 0.571. The first-order valence-corrected chi connectivity index (χ1v) is 7.69. The van der Waals surface area contributed by atoms with Crippen LogP contribution >= 0.6 is 22.6 Å². The lowest BCUT2D eigenvalue weighted by Gasteiger charge is -2.15. The van der Waals surface area contributed by atoms with Gasteiger partial charge in [-0.2, -0.15) is 0 Å². The highest BCUT2D eigenvalue weighted by atomic mass is 127. The molecule has 1 aromatic carbocycles. The number of hydrogen-bond donors (Lipinski definition) is 2. The molecule has 0 amide bonds. The van der Waals surface area contributed by atoms with Gasteiger partial charge in [0.15, 0.2) is 0 Å². The average Bonchev–Trinajstić information content (AvgIpc) is 2.90. The summed E-state index contributed by atoms with van der Waals surface area (Å²) in [6.07, 6.45) is 1.90. The fourth-order valence-corrected chi connectivity index (χ4v) is 2.55. The molecule has 1 aromatic rings. The van der Waals surface area contributed by atoms with Gasteiger partial charge in [0.1, 0.15) is 0 Å². The standard InChI is InChI=1S/C14H20INO3/c15-11-3-1-4-12(7-11)16-8-13(17)9-18-10-14-5-2-6-19-14/h1,3-4,7,13-14,16-17H,2,5-6,8-10H2. The summed E-state index contributed by atoms with van der Waals surface area (Å²) in [5.74, 6) is 0. The minimum Gasteiger partial charge on any atom is -0.389 e. The van der Waals surface area contributed by atoms with Gasteiger partial charge >= 0.3 is 0 Å². The van der Waals surface area contributed by atoms with Crippen LogP contribution < -0.4 is 5.32 Å². The number of benzene rings is 1. The molecular formula is C14H20INO3. The van der Waals surface area contributed by atoms with Gasteiger partial charge in [0.2, 0.25) is 0 Å². The molecule has 0 bridgehead atoms. The maximum atomic E-state index is 9.82. The Hall–Kier alpha value is -0.370. The van der Waals surface area contributed by atoms with Crippen molar-refractivity contribution >= 4 is 28.3 Å². The normalized spacial score (nSPS) is 20.4. The summed E-state index contributed by atoms with van der Waals surface area (Å²) < 4.78 is 12.1. The van der Waals surface area contributed by atoms with Crippen molar-refractivity contribution in [3.8, 4) is 0 Å². The number of aliphatic hydroxyl groups excluding tert-OH is 1. The summed E-state index contributed by atoms with van der Waals surface area (Å²) in [6, 6.07) is 8.06. The highest BCUT2D eigenvalue weighted by Gasteiger charge is 2.16. The molecule has 5 heteroatoms. The van der Waals surface area contributed by atoms with Crippen molar-refractivity contribution in [2.24, 2.45) is 0 Å². The van der Waals surface area contributed by atoms with Crippen molar-refractivity contribution in [2.75, 3.05) is 31.7 Å². The van der Waals surface area contributed by atoms with Gasteiger partial charge in [-0.15, -0.1) is 0 Å². The largest absolute Gasteiger partial charge is 0.389 e. The van der Waals surface area contributed by atoms with Gasteiger partial charge in [-0.3, -0.25) is 0 Å². The van der Waals surface area contributed by atoms with E-state index in [0.29, 0.717) is 19.8 Å². The van der Waals surface area contributed by atoms with Gasteiger partial charge in [0, 0.05) is 22.4 Å². The minimum atomic E-state index is -0.501. The van der Waals surface area contributed by atoms with Gasteiger partial charge in [-0.05, 0) is 53.6 Å². The molecule has 0 spiro atoms. The van der Waals surface area contributed by atoms with Crippen LogP contribution in [0.5, 0.6) is 0 Å². The number of nitrogens with one attached hydrogen (secondary N) is 1. The molecule has 2 atom stereocenters. The summed E-state index contributed by atoms with van der Waals surface area (Å²) in [4.78, 5) is 0. The lowest BCUT2D eigenvalue weighted by atomic mass is 10.2. The molecule has 1 fully saturated rings. The second kappa shape index (κ2) is 8.04. The second-order valence-corrected chi connectivity index (χ2v) is 5.96. The van der Waals surface area contributed by atoms with Crippen LogP contribution in [0.25, 0.3) is 0 Å². The van der Waals surface area contributed by atoms with Gasteiger partial charge in [-0.1, -0.05) is 6.07 Å². The van der Waals surface area contributed by atoms with E-state index in [1.807, 2.05) is 24.3 Å². The predicted octanol–water partition coefficient (Wildman–Crippen LogP) is 2.26. The van der Waals surface area contributed by atoms with E-state index in [9.17, 15) is 5.11 Å². The van der Waals surface area contributed by atoms with Gasteiger partial charge in [0.05, 0.1) is 25.4 Å². The predicted molar refractivity (Wildman–Crippen MR) is 83.4 cm³/mol. The van der Waals surface area contributed by atoms with Crippen LogP contribution in [0.4, 0.5) is 5.69 Å². The van der Waals surface area contributed by atoms with Crippen molar-refractivity contribution in [3.05, 3.63) is 27.8 Å². The van der Waals surface area contributed by atoms with E-state index in [-0.39, 0.29) is 6.10 Å². The van der Waals surface area contributed by atoms with Crippen LogP contribution in [0.15, 0.2) is 24.3 Å². The Bertz CT molecular complexity index is 383. The van der Waals surface area contributed by atoms with Crippen LogP contribution in [-0.4, -0.2) is 43.7 Å². The molecule has 0 aliphatic carbocycles. The Morgan fingerprint density at radius 1 is 1.53 bits per heavy atom. The van der Waals surface area contributed by atoms with Gasteiger partial charge in [-0.25, -0.2) is 0 Å². The lowest BCUT2D eigenvalue weighted by molar-refractivity contribution is -0.0137. The first kappa shape index (κ1) is 15.0. The number of anilines is 1. The number of halogens is 1. The molecule has 1 aliphatic heterocycles. The highest BCUT2D eigenvalue weighted by Crippen LogP contribution is 2.13. The number of ether oxygens (including phenoxy) is 2. The molecule has 0 radical (unpaired) electrons. The van der Waals surface area contributed by atoms with Crippen LogP contribution in [0, 0.1) is 3.57 Å². The van der Waals surface area contributed by atoms with Crippen molar-refractivity contribution in [2.45, 2.75) is 25.0 Å². The number of aliphatic hydroxyl groups is 1. The molecule has 1 heterocycles. The molecular weight excluding hydrogens is 357 g/mol. The summed E-state index contributed by atoms with van der Waals surface area (Å²) in [6.45, 7) is 2.26. The molecule has 2 unspecified atom stereocenters. The zero-order valence-corrected chi connectivity index (χ0v) is 13.0. The van der Waals surface area contributed by atoms with Crippen LogP contribution in [0.2, 0.25) is 0 Å². The molecule has 4 nitrogen and oxygen atoms in total. The van der Waals surface area contributed by atoms with E-state index < -0.39 is 6.10 Å². The van der Waals surface area contributed by atoms with Crippen molar-refractivity contribution in [3.63, 3.8) is 0 Å². The zero-order valence-electron chi connectivity index (χ0n) is 10.8. The van der Waals surface area contributed by atoms with Crippen molar-refractivity contribution in [1.82, 2.24) is 0 Å². The highest BCUT2D eigenvalue weighted by molar-refractivity contribution is 14.1. The molecule has 0 aromatic heterocycles. The monoisotopic (exact) mass is 377 g/mol. The number of hydrogen-bond acceptors (Lipinski definition) is 4. The fourth-order valence-electron chi connectivity index (χ4n) is 2.00. The first-order valence-electron chi connectivity index (χ1n) is 6.61. The van der Waals surface area contributed by atoms with E-state index in [0.717, 1.165) is 25.1 Å². The maximum absolute atomic E-state index is 9.82. The first-order chi connectivity index (χ1) is 9.24. The second-order valence-electron chi connectivity index (χ2n) is 4.72. The molecule has 0 saturated carbocycles. The average molecular weight is 377 g/mol. The Labute approximate surface area is 127 Å². The summed E-state index contributed by atoms with van der Waals surface area (Å²) in [5.41, 5.74) is 1.02. The van der Waals surface area contributed by atoms with Crippen LogP contribution in [0.3, 0.4) is 0 Å². The van der Waals surface area contributed by atoms with Gasteiger partial charge < -0.3 is 19.9 Å². The minimum absolute atomic E-state index is 0.218. The van der Waals surface area contributed by atoms with Crippen molar-refractivity contribution < 1.29 is 14.6 Å². The summed E-state index contributed by atoms with van der Waals surface area (Å²) in [5, 5.41) is 13.0. The number of rotatable bonds is 7. The smallest absolute Gasteiger partial charge is 0.0945 e. The summed E-state index contributed by atoms with van der Waals surface area (Å²) >= 11 is 2.27. The molecule has 19 heavy (non-hydrogen) atoms. The Morgan fingerprint density at radius 2 is 2.42 bits per heavy atom. The van der Waals surface area contributed by atoms with E-state index in [2.05, 4.69) is 27.9 Å². The SMILES string of the molecule is OC(CNc1cccc(I)c1)COCC1CCCO1. The lowest BCUT2D eigenvalue weighted by Crippen LogP contribution is -2.27. The third-order valence-corrected chi connectivity index (χ3v) is 3.68. The Balaban J connectivity index is 1.60. The van der Waals surface area contributed by atoms with Crippen LogP contribution in [-0.2, 0) is 9.47 Å². The molecule has 1 saturated heterocycles. The third kappa shape index (κ3) is 5.64. The molecule has 2 N–H and O–H groups in total. The van der Waals surface area contributed by atoms with E-state index >= 15 is 0 Å². The third-order valence-electron chi connectivity index (χ3n) is 3.00. The maximum Gasteiger partial charge on any atom is 0.0945 e. The molecule has 1 aliphatic rings. The Morgan fingerprint density at radius 3 is 3.16 bits per heavy atom. The quantitative estimate of drug-likeness (QED) is 0.716. The Kier molecular flexibility index (Phi) is 6.36. The zero-order chi connectivity index (χ0) is 13.5. The van der Waals surface area contributed by atoms with Crippen LogP contribution in [0.1, 0.15) is 12.8 Å². The molecule has 2 rings (SSSR count).